The zero-order valence-corrected chi connectivity index (χ0v) is 11.3. The van der Waals surface area contributed by atoms with E-state index in [0.29, 0.717) is 5.41 Å². The van der Waals surface area contributed by atoms with Crippen LogP contribution in [0.3, 0.4) is 0 Å². The van der Waals surface area contributed by atoms with E-state index in [4.69, 9.17) is 0 Å². The molecule has 0 saturated heterocycles. The maximum Gasteiger partial charge on any atom is 0.0172 e. The molecule has 0 unspecified atom stereocenters. The van der Waals surface area contributed by atoms with Crippen LogP contribution in [0.15, 0.2) is 17.5 Å². The second-order valence-corrected chi connectivity index (χ2v) is 6.44. The number of nitrogens with one attached hydrogen (secondary N) is 1. The maximum absolute atomic E-state index is 3.66. The molecule has 90 valence electrons. The molecule has 2 rings (SSSR count). The van der Waals surface area contributed by atoms with Gasteiger partial charge in [-0.1, -0.05) is 32.8 Å². The van der Waals surface area contributed by atoms with Crippen LogP contribution in [0, 0.1) is 5.92 Å². The quantitative estimate of drug-likeness (QED) is 0.821. The van der Waals surface area contributed by atoms with Gasteiger partial charge in [0.25, 0.3) is 0 Å². The average molecular weight is 237 g/mol. The van der Waals surface area contributed by atoms with E-state index in [9.17, 15) is 0 Å². The van der Waals surface area contributed by atoms with Gasteiger partial charge in [0, 0.05) is 16.8 Å². The number of rotatable bonds is 5. The third-order valence-electron chi connectivity index (χ3n) is 3.62. The summed E-state index contributed by atoms with van der Waals surface area (Å²) in [6.07, 6.45) is 5.56. The summed E-state index contributed by atoms with van der Waals surface area (Å²) in [5, 5.41) is 5.88. The van der Waals surface area contributed by atoms with Crippen LogP contribution in [0.1, 0.15) is 44.4 Å². The van der Waals surface area contributed by atoms with E-state index in [1.54, 1.807) is 4.88 Å². The molecule has 1 saturated carbocycles. The van der Waals surface area contributed by atoms with Gasteiger partial charge in [-0.25, -0.2) is 0 Å². The van der Waals surface area contributed by atoms with Crippen LogP contribution in [0.2, 0.25) is 0 Å². The van der Waals surface area contributed by atoms with Crippen molar-refractivity contribution in [2.45, 2.75) is 44.9 Å². The summed E-state index contributed by atoms with van der Waals surface area (Å²) in [6, 6.07) is 4.52. The molecule has 0 aliphatic heterocycles. The van der Waals surface area contributed by atoms with E-state index < -0.39 is 0 Å². The molecule has 1 aliphatic rings. The van der Waals surface area contributed by atoms with Gasteiger partial charge in [0.15, 0.2) is 0 Å². The summed E-state index contributed by atoms with van der Waals surface area (Å²) >= 11 is 1.94. The van der Waals surface area contributed by atoms with E-state index >= 15 is 0 Å². The van der Waals surface area contributed by atoms with Crippen molar-refractivity contribution in [3.63, 3.8) is 0 Å². The van der Waals surface area contributed by atoms with Gasteiger partial charge in [-0.2, -0.15) is 0 Å². The van der Waals surface area contributed by atoms with Crippen molar-refractivity contribution in [3.8, 4) is 0 Å². The molecule has 16 heavy (non-hydrogen) atoms. The van der Waals surface area contributed by atoms with Gasteiger partial charge in [0.2, 0.25) is 0 Å². The summed E-state index contributed by atoms with van der Waals surface area (Å²) in [4.78, 5) is 1.60. The largest absolute Gasteiger partial charge is 0.316 e. The van der Waals surface area contributed by atoms with E-state index in [1.807, 2.05) is 11.3 Å². The number of hydrogen-bond donors (Lipinski definition) is 1. The van der Waals surface area contributed by atoms with Crippen molar-refractivity contribution in [1.29, 1.82) is 0 Å². The minimum atomic E-state index is 0.461. The first-order chi connectivity index (χ1) is 7.73. The molecule has 0 spiro atoms. The lowest BCUT2D eigenvalue weighted by Gasteiger charge is -2.28. The summed E-state index contributed by atoms with van der Waals surface area (Å²) < 4.78 is 0. The SMILES string of the molecule is CC(C)CNCC1(c2cccs2)CCCC1. The molecule has 1 aromatic heterocycles. The zero-order valence-electron chi connectivity index (χ0n) is 10.5. The van der Waals surface area contributed by atoms with Crippen LogP contribution in [-0.2, 0) is 5.41 Å². The van der Waals surface area contributed by atoms with E-state index in [-0.39, 0.29) is 0 Å². The topological polar surface area (TPSA) is 12.0 Å². The predicted molar refractivity (Wildman–Crippen MR) is 72.2 cm³/mol. The number of thiophene rings is 1. The fourth-order valence-electron chi connectivity index (χ4n) is 2.74. The fourth-order valence-corrected chi connectivity index (χ4v) is 3.73. The second kappa shape index (κ2) is 5.33. The van der Waals surface area contributed by atoms with E-state index in [1.165, 1.54) is 32.2 Å². The van der Waals surface area contributed by atoms with Gasteiger partial charge in [-0.15, -0.1) is 11.3 Å². The van der Waals surface area contributed by atoms with Gasteiger partial charge in [-0.05, 0) is 36.8 Å². The Morgan fingerprint density at radius 2 is 2.12 bits per heavy atom. The Kier molecular flexibility index (Phi) is 4.04. The Balaban J connectivity index is 1.99. The van der Waals surface area contributed by atoms with Crippen LogP contribution < -0.4 is 5.32 Å². The van der Waals surface area contributed by atoms with Gasteiger partial charge in [0.05, 0.1) is 0 Å². The average Bonchev–Trinajstić information content (AvgIpc) is 2.87. The normalized spacial score (nSPS) is 19.4. The molecule has 1 aromatic rings. The second-order valence-electron chi connectivity index (χ2n) is 5.49. The first-order valence-corrected chi connectivity index (χ1v) is 7.36. The summed E-state index contributed by atoms with van der Waals surface area (Å²) in [5.41, 5.74) is 0.461. The Morgan fingerprint density at radius 3 is 2.69 bits per heavy atom. The van der Waals surface area contributed by atoms with Crippen LogP contribution in [0.5, 0.6) is 0 Å². The summed E-state index contributed by atoms with van der Waals surface area (Å²) in [5.74, 6) is 0.752. The highest BCUT2D eigenvalue weighted by Crippen LogP contribution is 2.42. The smallest absolute Gasteiger partial charge is 0.0172 e. The molecule has 1 aliphatic carbocycles. The van der Waals surface area contributed by atoms with Crippen molar-refractivity contribution >= 4 is 11.3 Å². The molecule has 2 heteroatoms. The first-order valence-electron chi connectivity index (χ1n) is 6.48. The molecule has 0 bridgehead atoms. The monoisotopic (exact) mass is 237 g/mol. The van der Waals surface area contributed by atoms with Gasteiger partial charge < -0.3 is 5.32 Å². The molecule has 1 fully saturated rings. The van der Waals surface area contributed by atoms with Crippen LogP contribution in [0.4, 0.5) is 0 Å². The lowest BCUT2D eigenvalue weighted by molar-refractivity contribution is 0.397. The van der Waals surface area contributed by atoms with E-state index in [2.05, 4.69) is 36.7 Å². The van der Waals surface area contributed by atoms with Crippen LogP contribution in [0.25, 0.3) is 0 Å². The zero-order chi connectivity index (χ0) is 11.4. The lowest BCUT2D eigenvalue weighted by Crippen LogP contribution is -2.36. The van der Waals surface area contributed by atoms with Crippen LogP contribution in [-0.4, -0.2) is 13.1 Å². The predicted octanol–water partition coefficient (Wildman–Crippen LogP) is 3.81. The third kappa shape index (κ3) is 2.67. The van der Waals surface area contributed by atoms with Crippen molar-refractivity contribution < 1.29 is 0 Å². The fraction of sp³-hybridized carbons (Fsp3) is 0.714. The Morgan fingerprint density at radius 1 is 1.38 bits per heavy atom. The molecule has 0 radical (unpaired) electrons. The van der Waals surface area contributed by atoms with Crippen molar-refractivity contribution in [3.05, 3.63) is 22.4 Å². The van der Waals surface area contributed by atoms with E-state index in [0.717, 1.165) is 12.5 Å². The van der Waals surface area contributed by atoms with Crippen molar-refractivity contribution in [2.24, 2.45) is 5.92 Å². The molecule has 1 heterocycles. The lowest BCUT2D eigenvalue weighted by atomic mass is 9.84. The molecular weight excluding hydrogens is 214 g/mol. The molecule has 0 atom stereocenters. The van der Waals surface area contributed by atoms with Gasteiger partial charge >= 0.3 is 0 Å². The molecule has 0 amide bonds. The highest BCUT2D eigenvalue weighted by molar-refractivity contribution is 7.10. The molecular formula is C14H23NS. The Labute approximate surface area is 103 Å². The summed E-state index contributed by atoms with van der Waals surface area (Å²) in [7, 11) is 0. The number of hydrogen-bond acceptors (Lipinski definition) is 2. The van der Waals surface area contributed by atoms with Gasteiger partial charge in [-0.3, -0.25) is 0 Å². The Hall–Kier alpha value is -0.340. The van der Waals surface area contributed by atoms with Crippen molar-refractivity contribution in [1.82, 2.24) is 5.32 Å². The standard InChI is InChI=1S/C14H23NS/c1-12(2)10-15-11-14(7-3-4-8-14)13-6-5-9-16-13/h5-6,9,12,15H,3-4,7-8,10-11H2,1-2H3. The minimum absolute atomic E-state index is 0.461. The highest BCUT2D eigenvalue weighted by atomic mass is 32.1. The minimum Gasteiger partial charge on any atom is -0.316 e. The molecule has 1 nitrogen and oxygen atoms in total. The van der Waals surface area contributed by atoms with Crippen molar-refractivity contribution in [2.75, 3.05) is 13.1 Å². The van der Waals surface area contributed by atoms with Crippen LogP contribution >= 0.6 is 11.3 Å². The highest BCUT2D eigenvalue weighted by Gasteiger charge is 2.35. The summed E-state index contributed by atoms with van der Waals surface area (Å²) in [6.45, 7) is 6.87. The molecule has 0 aromatic carbocycles. The van der Waals surface area contributed by atoms with Gasteiger partial charge in [0.1, 0.15) is 0 Å². The first kappa shape index (κ1) is 12.1. The molecule has 1 N–H and O–H groups in total. The Bertz CT molecular complexity index is 297. The third-order valence-corrected chi connectivity index (χ3v) is 4.74. The maximum atomic E-state index is 3.66.